The molecule has 6 rings (SSSR count). The Balaban J connectivity index is 1.35. The highest BCUT2D eigenvalue weighted by atomic mass is 19.2. The monoisotopic (exact) mass is 630 g/mol. The summed E-state index contributed by atoms with van der Waals surface area (Å²) in [5.74, 6) is -6.25. The quantitative estimate of drug-likeness (QED) is 0.145. The predicted octanol–water partition coefficient (Wildman–Crippen LogP) is 6.99. The van der Waals surface area contributed by atoms with Crippen molar-refractivity contribution in [3.63, 3.8) is 0 Å². The van der Waals surface area contributed by atoms with Crippen molar-refractivity contribution < 1.29 is 36.9 Å². The molecule has 3 heterocycles. The van der Waals surface area contributed by atoms with Crippen molar-refractivity contribution in [2.45, 2.75) is 32.9 Å². The highest BCUT2D eigenvalue weighted by Crippen LogP contribution is 2.41. The van der Waals surface area contributed by atoms with Crippen LogP contribution in [-0.2, 0) is 17.8 Å². The molecule has 0 amide bonds. The van der Waals surface area contributed by atoms with E-state index in [0.717, 1.165) is 18.2 Å². The van der Waals surface area contributed by atoms with Crippen LogP contribution in [0, 0.1) is 40.0 Å². The number of carbonyl (C=O) groups is 1. The van der Waals surface area contributed by atoms with Crippen molar-refractivity contribution in [3.05, 3.63) is 112 Å². The minimum absolute atomic E-state index is 0.0109. The lowest BCUT2D eigenvalue weighted by molar-refractivity contribution is 0.0697. The summed E-state index contributed by atoms with van der Waals surface area (Å²) in [4.78, 5) is 20.2. The van der Waals surface area contributed by atoms with Gasteiger partial charge in [0.2, 0.25) is 0 Å². The number of aromatic carboxylic acids is 1. The van der Waals surface area contributed by atoms with Crippen LogP contribution in [0.1, 0.15) is 52.8 Å². The molecule has 12 heteroatoms. The standard InChI is InChI=1S/C34H26F4N4O4/c1-34(2)17-45-16-28(34)42-27-11-20(33(43)44)7-9-26(27)40-29(42)13-21-24(36)12-22(31(38)30(21)37)25-10-8-23(35)32(41-25)46-15-19-5-3-18(14-39)4-6-19/h3-12,28H,13,15-17H2,1-2H3,(H,43,44). The van der Waals surface area contributed by atoms with Crippen LogP contribution in [0.5, 0.6) is 5.88 Å². The van der Waals surface area contributed by atoms with E-state index in [4.69, 9.17) is 14.7 Å². The molecule has 0 spiro atoms. The molecular weight excluding hydrogens is 604 g/mol. The van der Waals surface area contributed by atoms with Crippen LogP contribution in [0.25, 0.3) is 22.3 Å². The van der Waals surface area contributed by atoms with Crippen LogP contribution in [0.15, 0.2) is 60.7 Å². The Kier molecular flexibility index (Phi) is 7.96. The topological polar surface area (TPSA) is 110 Å². The smallest absolute Gasteiger partial charge is 0.335 e. The molecule has 1 aliphatic heterocycles. The van der Waals surface area contributed by atoms with Gasteiger partial charge in [-0.25, -0.2) is 32.3 Å². The first-order valence-corrected chi connectivity index (χ1v) is 14.2. The minimum atomic E-state index is -1.46. The SMILES string of the molecule is CC1(C)COCC1n1c(Cc2c(F)cc(-c3ccc(F)c(OCc4ccc(C#N)cc4)n3)c(F)c2F)nc2ccc(C(=O)O)cc21. The van der Waals surface area contributed by atoms with Crippen molar-refractivity contribution in [2.75, 3.05) is 13.2 Å². The number of hydrogen-bond donors (Lipinski definition) is 1. The van der Waals surface area contributed by atoms with E-state index >= 15 is 13.2 Å². The summed E-state index contributed by atoms with van der Waals surface area (Å²) in [5, 5.41) is 18.5. The van der Waals surface area contributed by atoms with E-state index in [1.165, 1.54) is 18.2 Å². The molecule has 1 fully saturated rings. The fourth-order valence-corrected chi connectivity index (χ4v) is 5.57. The fourth-order valence-electron chi connectivity index (χ4n) is 5.57. The number of aromatic nitrogens is 3. The number of halogens is 4. The Labute approximate surface area is 260 Å². The van der Waals surface area contributed by atoms with Gasteiger partial charge in [-0.2, -0.15) is 5.26 Å². The maximum atomic E-state index is 15.7. The second-order valence-electron chi connectivity index (χ2n) is 11.7. The molecule has 0 saturated carbocycles. The van der Waals surface area contributed by atoms with Crippen LogP contribution in [0.3, 0.4) is 0 Å². The van der Waals surface area contributed by atoms with Crippen molar-refractivity contribution in [1.29, 1.82) is 5.26 Å². The largest absolute Gasteiger partial charge is 0.478 e. The number of ether oxygens (including phenoxy) is 2. The lowest BCUT2D eigenvalue weighted by Gasteiger charge is -2.28. The first kappa shape index (κ1) is 30.7. The molecule has 1 unspecified atom stereocenters. The Hall–Kier alpha value is -5.28. The van der Waals surface area contributed by atoms with Gasteiger partial charge in [-0.05, 0) is 54.1 Å². The van der Waals surface area contributed by atoms with Gasteiger partial charge in [-0.15, -0.1) is 0 Å². The van der Waals surface area contributed by atoms with E-state index in [9.17, 15) is 14.3 Å². The van der Waals surface area contributed by atoms with Crippen molar-refractivity contribution in [2.24, 2.45) is 5.41 Å². The van der Waals surface area contributed by atoms with Crippen LogP contribution in [0.2, 0.25) is 0 Å². The first-order chi connectivity index (χ1) is 22.0. The number of rotatable bonds is 8. The molecular formula is C34H26F4N4O4. The Morgan fingerprint density at radius 2 is 1.80 bits per heavy atom. The number of pyridine rings is 1. The molecule has 1 atom stereocenters. The zero-order valence-corrected chi connectivity index (χ0v) is 24.7. The van der Waals surface area contributed by atoms with Crippen molar-refractivity contribution >= 4 is 17.0 Å². The molecule has 234 valence electrons. The highest BCUT2D eigenvalue weighted by Gasteiger charge is 2.39. The predicted molar refractivity (Wildman–Crippen MR) is 158 cm³/mol. The molecule has 1 aliphatic rings. The number of nitrogens with zero attached hydrogens (tertiary/aromatic N) is 4. The average molecular weight is 631 g/mol. The van der Waals surface area contributed by atoms with E-state index in [1.807, 2.05) is 19.9 Å². The zero-order valence-electron chi connectivity index (χ0n) is 24.7. The lowest BCUT2D eigenvalue weighted by atomic mass is 9.87. The molecule has 0 radical (unpaired) electrons. The molecule has 1 saturated heterocycles. The normalized spacial score (nSPS) is 15.6. The molecule has 46 heavy (non-hydrogen) atoms. The van der Waals surface area contributed by atoms with E-state index in [2.05, 4.69) is 9.97 Å². The summed E-state index contributed by atoms with van der Waals surface area (Å²) < 4.78 is 74.3. The summed E-state index contributed by atoms with van der Waals surface area (Å²) in [6.07, 6.45) is -0.450. The molecule has 2 aromatic heterocycles. The number of fused-ring (bicyclic) bond motifs is 1. The van der Waals surface area contributed by atoms with Crippen LogP contribution in [0.4, 0.5) is 17.6 Å². The van der Waals surface area contributed by atoms with Gasteiger partial charge < -0.3 is 19.1 Å². The summed E-state index contributed by atoms with van der Waals surface area (Å²) in [6.45, 7) is 4.43. The number of hydrogen-bond acceptors (Lipinski definition) is 6. The summed E-state index contributed by atoms with van der Waals surface area (Å²) in [5.41, 5.74) is 0.0921. The fraction of sp³-hybridized carbons (Fsp3) is 0.235. The third kappa shape index (κ3) is 5.65. The van der Waals surface area contributed by atoms with Gasteiger partial charge in [0.15, 0.2) is 17.5 Å². The maximum absolute atomic E-state index is 15.7. The number of imidazole rings is 1. The molecule has 8 nitrogen and oxygen atoms in total. The van der Waals surface area contributed by atoms with E-state index in [-0.39, 0.29) is 36.3 Å². The second-order valence-corrected chi connectivity index (χ2v) is 11.7. The Morgan fingerprint density at radius 1 is 1.04 bits per heavy atom. The lowest BCUT2D eigenvalue weighted by Crippen LogP contribution is -2.27. The zero-order chi connectivity index (χ0) is 32.7. The van der Waals surface area contributed by atoms with Gasteiger partial charge in [0.25, 0.3) is 5.88 Å². The number of carboxylic acids is 1. The van der Waals surface area contributed by atoms with Crippen LogP contribution < -0.4 is 4.74 Å². The van der Waals surface area contributed by atoms with Gasteiger partial charge in [0, 0.05) is 23.0 Å². The number of carboxylic acid groups (broad SMARTS) is 1. The highest BCUT2D eigenvalue weighted by molar-refractivity contribution is 5.92. The maximum Gasteiger partial charge on any atom is 0.335 e. The van der Waals surface area contributed by atoms with Gasteiger partial charge >= 0.3 is 5.97 Å². The number of benzene rings is 3. The van der Waals surface area contributed by atoms with Gasteiger partial charge in [-0.1, -0.05) is 26.0 Å². The van der Waals surface area contributed by atoms with Gasteiger partial charge in [0.1, 0.15) is 18.2 Å². The molecule has 0 bridgehead atoms. The van der Waals surface area contributed by atoms with Crippen LogP contribution >= 0.6 is 0 Å². The second kappa shape index (κ2) is 11.9. The van der Waals surface area contributed by atoms with Gasteiger partial charge in [0.05, 0.1) is 53.2 Å². The summed E-state index contributed by atoms with van der Waals surface area (Å²) >= 11 is 0. The minimum Gasteiger partial charge on any atom is -0.478 e. The third-order valence-corrected chi connectivity index (χ3v) is 8.11. The van der Waals surface area contributed by atoms with Crippen LogP contribution in [-0.4, -0.2) is 38.8 Å². The van der Waals surface area contributed by atoms with E-state index < -0.39 is 58.1 Å². The molecule has 3 aromatic carbocycles. The van der Waals surface area contributed by atoms with E-state index in [1.54, 1.807) is 28.8 Å². The molecule has 5 aromatic rings. The van der Waals surface area contributed by atoms with Gasteiger partial charge in [-0.3, -0.25) is 0 Å². The Morgan fingerprint density at radius 3 is 2.48 bits per heavy atom. The average Bonchev–Trinajstić information content (AvgIpc) is 3.57. The summed E-state index contributed by atoms with van der Waals surface area (Å²) in [7, 11) is 0. The first-order valence-electron chi connectivity index (χ1n) is 14.2. The van der Waals surface area contributed by atoms with Crippen molar-refractivity contribution in [1.82, 2.24) is 14.5 Å². The Bertz CT molecular complexity index is 2040. The summed E-state index contributed by atoms with van der Waals surface area (Å²) in [6, 6.07) is 15.2. The number of nitriles is 1. The third-order valence-electron chi connectivity index (χ3n) is 8.11. The van der Waals surface area contributed by atoms with Crippen molar-refractivity contribution in [3.8, 4) is 23.2 Å². The molecule has 0 aliphatic carbocycles. The van der Waals surface area contributed by atoms with E-state index in [0.29, 0.717) is 28.8 Å². The molecule has 1 N–H and O–H groups in total.